The highest BCUT2D eigenvalue weighted by Crippen LogP contribution is 2.31. The number of benzene rings is 2. The molecule has 6 nitrogen and oxygen atoms in total. The van der Waals surface area contributed by atoms with Crippen molar-refractivity contribution in [1.82, 2.24) is 9.97 Å². The minimum absolute atomic E-state index is 0.113. The number of carbonyl (C=O) groups is 2. The summed E-state index contributed by atoms with van der Waals surface area (Å²) in [6.45, 7) is 0.300. The quantitative estimate of drug-likeness (QED) is 0.758. The maximum absolute atomic E-state index is 12.5. The van der Waals surface area contributed by atoms with Crippen LogP contribution in [0.15, 0.2) is 48.5 Å². The lowest BCUT2D eigenvalue weighted by atomic mass is 10.1. The molecule has 2 N–H and O–H groups in total. The van der Waals surface area contributed by atoms with Crippen molar-refractivity contribution in [3.8, 4) is 0 Å². The Balaban J connectivity index is 1.50. The number of anilines is 2. The first-order valence-electron chi connectivity index (χ1n) is 7.92. The average Bonchev–Trinajstić information content (AvgIpc) is 3.18. The number of aromatic amines is 1. The van der Waals surface area contributed by atoms with Crippen LogP contribution in [0.3, 0.4) is 0 Å². The Hall–Kier alpha value is -2.86. The maximum Gasteiger partial charge on any atom is 0.232 e. The van der Waals surface area contributed by atoms with E-state index in [-0.39, 0.29) is 18.2 Å². The van der Waals surface area contributed by atoms with Gasteiger partial charge in [0, 0.05) is 13.0 Å². The molecular formula is C18H15ClN4O2. The first-order valence-corrected chi connectivity index (χ1v) is 8.30. The van der Waals surface area contributed by atoms with Crippen LogP contribution in [0.4, 0.5) is 11.6 Å². The summed E-state index contributed by atoms with van der Waals surface area (Å²) in [6.07, 6.45) is 0.150. The van der Waals surface area contributed by atoms with Crippen molar-refractivity contribution < 1.29 is 9.59 Å². The van der Waals surface area contributed by atoms with Crippen LogP contribution in [0, 0.1) is 5.92 Å². The molecule has 2 aromatic carbocycles. The fourth-order valence-electron chi connectivity index (χ4n) is 3.02. The Labute approximate surface area is 148 Å². The third-order valence-corrected chi connectivity index (χ3v) is 4.59. The molecule has 1 aliphatic heterocycles. The molecule has 0 aliphatic carbocycles. The van der Waals surface area contributed by atoms with E-state index in [1.165, 1.54) is 0 Å². The molecule has 4 rings (SSSR count). The van der Waals surface area contributed by atoms with E-state index in [1.807, 2.05) is 30.3 Å². The number of nitrogens with zero attached hydrogens (tertiary/aromatic N) is 2. The highest BCUT2D eigenvalue weighted by atomic mass is 35.5. The molecule has 2 amide bonds. The van der Waals surface area contributed by atoms with Gasteiger partial charge in [-0.05, 0) is 24.3 Å². The standard InChI is InChI=1S/C18H15ClN4O2/c19-12-5-1-4-8-15(12)23-10-11(9-16(23)24)17(25)22-18-20-13-6-2-3-7-14(13)21-18/h1-8,11H,9-10H2,(H2,20,21,22,25). The molecular weight excluding hydrogens is 340 g/mol. The topological polar surface area (TPSA) is 78.1 Å². The fourth-order valence-corrected chi connectivity index (χ4v) is 3.26. The zero-order chi connectivity index (χ0) is 17.4. The summed E-state index contributed by atoms with van der Waals surface area (Å²) in [5, 5.41) is 3.26. The highest BCUT2D eigenvalue weighted by Gasteiger charge is 2.36. The molecule has 7 heteroatoms. The lowest BCUT2D eigenvalue weighted by Gasteiger charge is -2.17. The highest BCUT2D eigenvalue weighted by molar-refractivity contribution is 6.33. The molecule has 1 aliphatic rings. The molecule has 25 heavy (non-hydrogen) atoms. The second kappa shape index (κ2) is 6.22. The number of aromatic nitrogens is 2. The minimum Gasteiger partial charge on any atom is -0.324 e. The summed E-state index contributed by atoms with van der Waals surface area (Å²) >= 11 is 6.16. The summed E-state index contributed by atoms with van der Waals surface area (Å²) in [5.41, 5.74) is 2.25. The van der Waals surface area contributed by atoms with Crippen LogP contribution >= 0.6 is 11.6 Å². The van der Waals surface area contributed by atoms with Crippen LogP contribution in [-0.2, 0) is 9.59 Å². The number of para-hydroxylation sites is 3. The number of hydrogen-bond acceptors (Lipinski definition) is 3. The van der Waals surface area contributed by atoms with Crippen molar-refractivity contribution in [2.45, 2.75) is 6.42 Å². The Bertz CT molecular complexity index is 935. The van der Waals surface area contributed by atoms with E-state index in [0.29, 0.717) is 23.2 Å². The summed E-state index contributed by atoms with van der Waals surface area (Å²) in [5.74, 6) is -0.411. The molecule has 3 aromatic rings. The molecule has 126 valence electrons. The molecule has 1 aromatic heterocycles. The zero-order valence-corrected chi connectivity index (χ0v) is 14.0. The molecule has 0 bridgehead atoms. The number of amides is 2. The number of halogens is 1. The summed E-state index contributed by atoms with van der Waals surface area (Å²) in [6, 6.07) is 14.6. The van der Waals surface area contributed by atoms with Crippen molar-refractivity contribution in [2.75, 3.05) is 16.8 Å². The summed E-state index contributed by atoms with van der Waals surface area (Å²) in [4.78, 5) is 33.8. The van der Waals surface area contributed by atoms with Crippen molar-refractivity contribution in [1.29, 1.82) is 0 Å². The van der Waals surface area contributed by atoms with E-state index in [4.69, 9.17) is 11.6 Å². The predicted octanol–water partition coefficient (Wildman–Crippen LogP) is 3.21. The van der Waals surface area contributed by atoms with Crippen LogP contribution in [0.2, 0.25) is 5.02 Å². The van der Waals surface area contributed by atoms with Gasteiger partial charge in [0.2, 0.25) is 17.8 Å². The number of rotatable bonds is 3. The Kier molecular flexibility index (Phi) is 3.89. The second-order valence-corrected chi connectivity index (χ2v) is 6.36. The van der Waals surface area contributed by atoms with Gasteiger partial charge in [0.05, 0.1) is 27.7 Å². The normalized spacial score (nSPS) is 17.2. The number of carbonyl (C=O) groups excluding carboxylic acids is 2. The number of imidazole rings is 1. The molecule has 1 atom stereocenters. The zero-order valence-electron chi connectivity index (χ0n) is 13.2. The summed E-state index contributed by atoms with van der Waals surface area (Å²) in [7, 11) is 0. The van der Waals surface area contributed by atoms with Gasteiger partial charge >= 0.3 is 0 Å². The smallest absolute Gasteiger partial charge is 0.232 e. The number of H-pyrrole nitrogens is 1. The van der Waals surface area contributed by atoms with E-state index in [0.717, 1.165) is 11.0 Å². The fraction of sp³-hybridized carbons (Fsp3) is 0.167. The molecule has 0 radical (unpaired) electrons. The lowest BCUT2D eigenvalue weighted by molar-refractivity contribution is -0.122. The van der Waals surface area contributed by atoms with E-state index in [2.05, 4.69) is 15.3 Å². The second-order valence-electron chi connectivity index (χ2n) is 5.95. The third-order valence-electron chi connectivity index (χ3n) is 4.27. The van der Waals surface area contributed by atoms with Gasteiger partial charge in [0.25, 0.3) is 0 Å². The van der Waals surface area contributed by atoms with Crippen molar-refractivity contribution in [3.63, 3.8) is 0 Å². The first kappa shape index (κ1) is 15.7. The van der Waals surface area contributed by atoms with Crippen LogP contribution < -0.4 is 10.2 Å². The van der Waals surface area contributed by atoms with Crippen LogP contribution in [0.25, 0.3) is 11.0 Å². The van der Waals surface area contributed by atoms with E-state index >= 15 is 0 Å². The lowest BCUT2D eigenvalue weighted by Crippen LogP contribution is -2.28. The molecule has 1 unspecified atom stereocenters. The van der Waals surface area contributed by atoms with Gasteiger partial charge in [-0.25, -0.2) is 4.98 Å². The Morgan fingerprint density at radius 3 is 2.76 bits per heavy atom. The van der Waals surface area contributed by atoms with Gasteiger partial charge < -0.3 is 9.88 Å². The maximum atomic E-state index is 12.5. The van der Waals surface area contributed by atoms with Crippen molar-refractivity contribution >= 4 is 46.1 Å². The van der Waals surface area contributed by atoms with E-state index in [1.54, 1.807) is 23.1 Å². The van der Waals surface area contributed by atoms with Gasteiger partial charge in [0.1, 0.15) is 0 Å². The van der Waals surface area contributed by atoms with Crippen LogP contribution in [-0.4, -0.2) is 28.3 Å². The third kappa shape index (κ3) is 2.96. The van der Waals surface area contributed by atoms with Crippen LogP contribution in [0.1, 0.15) is 6.42 Å². The van der Waals surface area contributed by atoms with E-state index in [9.17, 15) is 9.59 Å². The molecule has 0 saturated carbocycles. The number of nitrogens with one attached hydrogen (secondary N) is 2. The van der Waals surface area contributed by atoms with Gasteiger partial charge in [0.15, 0.2) is 0 Å². The minimum atomic E-state index is -0.447. The Morgan fingerprint density at radius 1 is 1.20 bits per heavy atom. The Morgan fingerprint density at radius 2 is 1.96 bits per heavy atom. The van der Waals surface area contributed by atoms with E-state index < -0.39 is 5.92 Å². The van der Waals surface area contributed by atoms with Crippen LogP contribution in [0.5, 0.6) is 0 Å². The predicted molar refractivity (Wildman–Crippen MR) is 96.6 cm³/mol. The van der Waals surface area contributed by atoms with Crippen molar-refractivity contribution in [2.24, 2.45) is 5.92 Å². The monoisotopic (exact) mass is 354 g/mol. The number of hydrogen-bond donors (Lipinski definition) is 2. The molecule has 1 fully saturated rings. The van der Waals surface area contributed by atoms with Gasteiger partial charge in [-0.2, -0.15) is 0 Å². The first-order chi connectivity index (χ1) is 12.1. The van der Waals surface area contributed by atoms with Gasteiger partial charge in [-0.15, -0.1) is 0 Å². The molecule has 2 heterocycles. The largest absolute Gasteiger partial charge is 0.324 e. The SMILES string of the molecule is O=C(Nc1nc2ccccc2[nH]1)C1CC(=O)N(c2ccccc2Cl)C1. The van der Waals surface area contributed by atoms with Gasteiger partial charge in [-0.1, -0.05) is 35.9 Å². The average molecular weight is 355 g/mol. The molecule has 1 saturated heterocycles. The van der Waals surface area contributed by atoms with Gasteiger partial charge in [-0.3, -0.25) is 14.9 Å². The summed E-state index contributed by atoms with van der Waals surface area (Å²) < 4.78 is 0. The number of fused-ring (bicyclic) bond motifs is 1. The molecule has 0 spiro atoms. The van der Waals surface area contributed by atoms with Crippen molar-refractivity contribution in [3.05, 3.63) is 53.6 Å².